The Bertz CT molecular complexity index is 1470. The van der Waals surface area contributed by atoms with Crippen LogP contribution in [0, 0.1) is 0 Å². The molecule has 5 rings (SSSR count). The quantitative estimate of drug-likeness (QED) is 0.240. The van der Waals surface area contributed by atoms with E-state index in [0.717, 1.165) is 31.5 Å². The molecule has 1 amide bonds. The average molecular weight is 694 g/mol. The summed E-state index contributed by atoms with van der Waals surface area (Å²) in [4.78, 5) is 17.1. The van der Waals surface area contributed by atoms with Crippen molar-refractivity contribution in [1.82, 2.24) is 9.80 Å². The maximum absolute atomic E-state index is 13.6. The van der Waals surface area contributed by atoms with E-state index in [1.54, 1.807) is 12.1 Å². The zero-order chi connectivity index (χ0) is 31.9. The summed E-state index contributed by atoms with van der Waals surface area (Å²) in [6.07, 6.45) is -7.76. The minimum Gasteiger partial charge on any atom is -0.337 e. The minimum atomic E-state index is -4.98. The normalized spacial score (nSPS) is 23.1. The Morgan fingerprint density at radius 3 is 2.11 bits per heavy atom. The van der Waals surface area contributed by atoms with Crippen LogP contribution < -0.4 is 0 Å². The first-order valence-corrected chi connectivity index (χ1v) is 15.3. The molecular formula is C33H33Cl3F6N2O. The van der Waals surface area contributed by atoms with Gasteiger partial charge in [-0.25, -0.2) is 0 Å². The highest BCUT2D eigenvalue weighted by Gasteiger charge is 2.50. The fraction of sp³-hybridized carbons (Fsp3) is 0.424. The number of amides is 1. The monoisotopic (exact) mass is 692 g/mol. The van der Waals surface area contributed by atoms with E-state index in [9.17, 15) is 31.1 Å². The van der Waals surface area contributed by atoms with Gasteiger partial charge in [0.05, 0.1) is 21.2 Å². The molecule has 12 heteroatoms. The molecule has 2 aliphatic heterocycles. The Labute approximate surface area is 274 Å². The van der Waals surface area contributed by atoms with Crippen LogP contribution in [0.15, 0.2) is 66.7 Å². The lowest BCUT2D eigenvalue weighted by Gasteiger charge is -2.54. The maximum Gasteiger partial charge on any atom is 0.416 e. The summed E-state index contributed by atoms with van der Waals surface area (Å²) < 4.78 is 81.8. The van der Waals surface area contributed by atoms with Crippen molar-refractivity contribution in [3.63, 3.8) is 0 Å². The van der Waals surface area contributed by atoms with Crippen LogP contribution >= 0.6 is 35.6 Å². The molecule has 2 heterocycles. The van der Waals surface area contributed by atoms with Gasteiger partial charge in [-0.1, -0.05) is 66.5 Å². The summed E-state index contributed by atoms with van der Waals surface area (Å²) in [6.45, 7) is 3.29. The molecule has 2 aliphatic rings. The molecule has 3 nitrogen and oxygen atoms in total. The van der Waals surface area contributed by atoms with Gasteiger partial charge in [0.15, 0.2) is 0 Å². The van der Waals surface area contributed by atoms with E-state index in [2.05, 4.69) is 24.0 Å². The second-order valence-electron chi connectivity index (χ2n) is 11.7. The Kier molecular flexibility index (Phi) is 10.8. The van der Waals surface area contributed by atoms with Crippen LogP contribution in [0.3, 0.4) is 0 Å². The molecule has 3 aromatic rings. The number of hydrogen-bond donors (Lipinski definition) is 0. The van der Waals surface area contributed by atoms with Crippen molar-refractivity contribution >= 4 is 41.5 Å². The van der Waals surface area contributed by atoms with Crippen molar-refractivity contribution in [1.29, 1.82) is 0 Å². The van der Waals surface area contributed by atoms with E-state index >= 15 is 0 Å². The predicted molar refractivity (Wildman–Crippen MR) is 166 cm³/mol. The number of likely N-dealkylation sites (N-methyl/N-ethyl adjacent to an activating group) is 1. The van der Waals surface area contributed by atoms with Crippen molar-refractivity contribution in [2.45, 2.75) is 68.9 Å². The molecule has 2 fully saturated rings. The highest BCUT2D eigenvalue weighted by atomic mass is 35.5. The van der Waals surface area contributed by atoms with Gasteiger partial charge in [-0.15, -0.1) is 12.4 Å². The van der Waals surface area contributed by atoms with E-state index in [1.807, 2.05) is 24.3 Å². The van der Waals surface area contributed by atoms with E-state index < -0.39 is 35.4 Å². The van der Waals surface area contributed by atoms with Crippen LogP contribution in [-0.4, -0.2) is 41.4 Å². The molecule has 45 heavy (non-hydrogen) atoms. The average Bonchev–Trinajstić information content (AvgIpc) is 2.99. The highest BCUT2D eigenvalue weighted by Crippen LogP contribution is 2.47. The lowest BCUT2D eigenvalue weighted by atomic mass is 9.64. The largest absolute Gasteiger partial charge is 0.416 e. The van der Waals surface area contributed by atoms with Crippen molar-refractivity contribution in [2.24, 2.45) is 0 Å². The summed E-state index contributed by atoms with van der Waals surface area (Å²) in [5, 5.41) is 0.689. The predicted octanol–water partition coefficient (Wildman–Crippen LogP) is 9.78. The van der Waals surface area contributed by atoms with Gasteiger partial charge in [0, 0.05) is 31.0 Å². The number of alkyl halides is 6. The van der Waals surface area contributed by atoms with Crippen LogP contribution in [0.2, 0.25) is 10.0 Å². The third kappa shape index (κ3) is 7.58. The number of hydrogen-bond acceptors (Lipinski definition) is 2. The second-order valence-corrected chi connectivity index (χ2v) is 12.5. The van der Waals surface area contributed by atoms with E-state index in [4.69, 9.17) is 23.2 Å². The van der Waals surface area contributed by atoms with Crippen molar-refractivity contribution < 1.29 is 31.1 Å². The number of nitrogens with zero attached hydrogens (tertiary/aromatic N) is 2. The van der Waals surface area contributed by atoms with Crippen molar-refractivity contribution in [3.05, 3.63) is 105 Å². The van der Waals surface area contributed by atoms with Gasteiger partial charge in [0.25, 0.3) is 0 Å². The first-order valence-electron chi connectivity index (χ1n) is 14.5. The smallest absolute Gasteiger partial charge is 0.337 e. The number of piperidine rings is 2. The number of benzene rings is 3. The van der Waals surface area contributed by atoms with Gasteiger partial charge in [0.2, 0.25) is 5.91 Å². The first kappa shape index (κ1) is 35.4. The fourth-order valence-corrected chi connectivity index (χ4v) is 7.27. The summed E-state index contributed by atoms with van der Waals surface area (Å²) >= 11 is 12.8. The van der Waals surface area contributed by atoms with E-state index in [-0.39, 0.29) is 54.9 Å². The minimum absolute atomic E-state index is 0. The Hall–Kier alpha value is -2.46. The standard InChI is InChI=1S/C33H32Cl2F6N2O.ClH/c1-2-42-13-11-23(22-6-4-3-5-7-22)16-29(42)31(24-8-9-27(34)28(35)18-24)12-10-30(44)43(20-31)19-21-14-25(32(36,37)38)17-26(15-21)33(39,40)41;/h3-9,14-15,17-18,23,29H,2,10-13,16,19-20H2,1H3;1H. The van der Waals surface area contributed by atoms with Crippen LogP contribution in [0.4, 0.5) is 26.3 Å². The Morgan fingerprint density at radius 1 is 0.889 bits per heavy atom. The van der Waals surface area contributed by atoms with E-state index in [0.29, 0.717) is 28.6 Å². The number of likely N-dealkylation sites (tertiary alicyclic amines) is 2. The summed E-state index contributed by atoms with van der Waals surface area (Å²) in [6, 6.07) is 16.9. The van der Waals surface area contributed by atoms with Crippen molar-refractivity contribution in [2.75, 3.05) is 19.6 Å². The molecule has 2 saturated heterocycles. The fourth-order valence-electron chi connectivity index (χ4n) is 6.97. The van der Waals surface area contributed by atoms with Crippen LogP contribution in [0.5, 0.6) is 0 Å². The molecule has 244 valence electrons. The molecule has 0 aliphatic carbocycles. The summed E-state index contributed by atoms with van der Waals surface area (Å²) in [5.41, 5.74) is -1.72. The Balaban J connectivity index is 0.00000461. The van der Waals surface area contributed by atoms with Gasteiger partial charge in [0.1, 0.15) is 0 Å². The van der Waals surface area contributed by atoms with E-state index in [1.165, 1.54) is 10.5 Å². The molecule has 0 aromatic heterocycles. The molecule has 0 radical (unpaired) electrons. The zero-order valence-electron chi connectivity index (χ0n) is 24.4. The summed E-state index contributed by atoms with van der Waals surface area (Å²) in [5.74, 6) is -0.0994. The van der Waals surface area contributed by atoms with Crippen LogP contribution in [0.25, 0.3) is 0 Å². The lowest BCUT2D eigenvalue weighted by molar-refractivity contribution is -0.143. The first-order chi connectivity index (χ1) is 20.7. The van der Waals surface area contributed by atoms with Gasteiger partial charge in [-0.2, -0.15) is 26.3 Å². The third-order valence-electron chi connectivity index (χ3n) is 9.15. The molecule has 3 aromatic carbocycles. The van der Waals surface area contributed by atoms with Gasteiger partial charge in [-0.3, -0.25) is 9.69 Å². The number of rotatable bonds is 6. The SMILES string of the molecule is CCN1CCC(c2ccccc2)CC1C1(c2ccc(Cl)c(Cl)c2)CCC(=O)N(Cc2cc(C(F)(F)F)cc(C(F)(F)F)c2)C1.Cl. The lowest BCUT2D eigenvalue weighted by Crippen LogP contribution is -2.61. The van der Waals surface area contributed by atoms with Crippen LogP contribution in [-0.2, 0) is 29.1 Å². The number of carbonyl (C=O) groups excluding carboxylic acids is 1. The molecule has 0 N–H and O–H groups in total. The summed E-state index contributed by atoms with van der Waals surface area (Å²) in [7, 11) is 0. The zero-order valence-corrected chi connectivity index (χ0v) is 26.7. The Morgan fingerprint density at radius 2 is 1.53 bits per heavy atom. The molecule has 0 saturated carbocycles. The molecule has 0 spiro atoms. The number of carbonyl (C=O) groups is 1. The highest BCUT2D eigenvalue weighted by molar-refractivity contribution is 6.42. The van der Waals surface area contributed by atoms with Crippen LogP contribution in [0.1, 0.15) is 66.3 Å². The molecular weight excluding hydrogens is 661 g/mol. The van der Waals surface area contributed by atoms with Gasteiger partial charge >= 0.3 is 12.4 Å². The molecule has 0 bridgehead atoms. The van der Waals surface area contributed by atoms with Gasteiger partial charge < -0.3 is 4.90 Å². The van der Waals surface area contributed by atoms with Crippen molar-refractivity contribution in [3.8, 4) is 0 Å². The molecule has 3 unspecified atom stereocenters. The second kappa shape index (κ2) is 13.7. The third-order valence-corrected chi connectivity index (χ3v) is 9.89. The maximum atomic E-state index is 13.6. The topological polar surface area (TPSA) is 23.6 Å². The number of halogens is 9. The molecule has 3 atom stereocenters. The van der Waals surface area contributed by atoms with Gasteiger partial charge in [-0.05, 0) is 85.3 Å².